The average molecular weight is 313 g/mol. The van der Waals surface area contributed by atoms with E-state index in [0.717, 1.165) is 6.42 Å². The van der Waals surface area contributed by atoms with Crippen LogP contribution in [0.3, 0.4) is 0 Å². The van der Waals surface area contributed by atoms with Crippen molar-refractivity contribution in [3.63, 3.8) is 0 Å². The van der Waals surface area contributed by atoms with E-state index >= 15 is 0 Å². The largest absolute Gasteiger partial charge is 0.469 e. The number of hydrogen-bond donors (Lipinski definition) is 1. The maximum Gasteiger partial charge on any atom is 0.310 e. The number of methoxy groups -OCH3 is 1. The summed E-state index contributed by atoms with van der Waals surface area (Å²) in [5.74, 6) is 0.140. The molecule has 1 fully saturated rings. The van der Waals surface area contributed by atoms with Crippen molar-refractivity contribution in [3.8, 4) is 0 Å². The lowest BCUT2D eigenvalue weighted by Crippen LogP contribution is -2.38. The Balaban J connectivity index is 2.45. The van der Waals surface area contributed by atoms with Gasteiger partial charge in [-0.1, -0.05) is 39.0 Å². The molecule has 1 N–H and O–H groups in total. The van der Waals surface area contributed by atoms with Crippen molar-refractivity contribution in [2.45, 2.75) is 58.3 Å². The highest BCUT2D eigenvalue weighted by molar-refractivity contribution is 5.78. The topological polar surface area (TPSA) is 66.8 Å². The Labute approximate surface area is 134 Å². The third kappa shape index (κ3) is 6.77. The highest BCUT2D eigenvalue weighted by atomic mass is 16.5. The molecule has 22 heavy (non-hydrogen) atoms. The number of aliphatic hydroxyl groups is 1. The second-order valence-corrected chi connectivity index (χ2v) is 6.38. The van der Waals surface area contributed by atoms with E-state index in [1.165, 1.54) is 39.2 Å². The molecule has 1 rings (SSSR count). The molecule has 5 nitrogen and oxygen atoms in total. The van der Waals surface area contributed by atoms with Gasteiger partial charge in [0, 0.05) is 26.1 Å². The summed E-state index contributed by atoms with van der Waals surface area (Å²) in [6, 6.07) is 0. The van der Waals surface area contributed by atoms with Crippen LogP contribution < -0.4 is 0 Å². The molecule has 1 amide bonds. The molecule has 0 heterocycles. The van der Waals surface area contributed by atoms with Gasteiger partial charge < -0.3 is 14.7 Å². The third-order valence-corrected chi connectivity index (χ3v) is 4.53. The van der Waals surface area contributed by atoms with Crippen LogP contribution in [0.1, 0.15) is 58.3 Å². The molecule has 0 aromatic rings. The van der Waals surface area contributed by atoms with Crippen molar-refractivity contribution in [1.29, 1.82) is 0 Å². The van der Waals surface area contributed by atoms with E-state index in [1.807, 2.05) is 0 Å². The molecule has 0 spiro atoms. The molecule has 0 radical (unpaired) electrons. The van der Waals surface area contributed by atoms with Crippen molar-refractivity contribution < 1.29 is 19.4 Å². The maximum atomic E-state index is 12.4. The van der Waals surface area contributed by atoms with Crippen molar-refractivity contribution in [3.05, 3.63) is 0 Å². The zero-order valence-corrected chi connectivity index (χ0v) is 14.1. The predicted molar refractivity (Wildman–Crippen MR) is 85.3 cm³/mol. The molecule has 0 bridgehead atoms. The third-order valence-electron chi connectivity index (χ3n) is 4.53. The first-order valence-electron chi connectivity index (χ1n) is 8.55. The predicted octanol–water partition coefficient (Wildman–Crippen LogP) is 2.37. The Hall–Kier alpha value is -1.10. The molecular formula is C17H31NO4. The van der Waals surface area contributed by atoms with E-state index in [4.69, 9.17) is 9.84 Å². The number of carbonyl (C=O) groups excluding carboxylic acids is 2. The van der Waals surface area contributed by atoms with E-state index in [1.54, 1.807) is 11.8 Å². The lowest BCUT2D eigenvalue weighted by molar-refractivity contribution is -0.146. The molecule has 128 valence electrons. The van der Waals surface area contributed by atoms with E-state index in [9.17, 15) is 9.59 Å². The number of esters is 1. The van der Waals surface area contributed by atoms with Gasteiger partial charge in [-0.25, -0.2) is 0 Å². The lowest BCUT2D eigenvalue weighted by Gasteiger charge is -2.26. The summed E-state index contributed by atoms with van der Waals surface area (Å²) in [4.78, 5) is 25.7. The van der Waals surface area contributed by atoms with Crippen LogP contribution in [0.2, 0.25) is 0 Å². The van der Waals surface area contributed by atoms with Gasteiger partial charge in [0.1, 0.15) is 0 Å². The summed E-state index contributed by atoms with van der Waals surface area (Å²) in [5, 5.41) is 8.99. The summed E-state index contributed by atoms with van der Waals surface area (Å²) in [5.41, 5.74) is 0. The molecule has 1 aliphatic carbocycles. The van der Waals surface area contributed by atoms with Crippen LogP contribution in [-0.2, 0) is 14.3 Å². The molecule has 1 saturated carbocycles. The average Bonchev–Trinajstić information content (AvgIpc) is 2.56. The molecule has 0 aliphatic heterocycles. The van der Waals surface area contributed by atoms with Gasteiger partial charge in [-0.15, -0.1) is 0 Å². The van der Waals surface area contributed by atoms with Gasteiger partial charge >= 0.3 is 5.97 Å². The Kier molecular flexibility index (Phi) is 9.13. The van der Waals surface area contributed by atoms with Crippen LogP contribution in [0.5, 0.6) is 0 Å². The minimum atomic E-state index is -0.331. The normalized spacial score (nSPS) is 17.0. The molecule has 0 aromatic carbocycles. The highest BCUT2D eigenvalue weighted by Gasteiger charge is 2.22. The Morgan fingerprint density at radius 3 is 2.55 bits per heavy atom. The van der Waals surface area contributed by atoms with E-state index < -0.39 is 0 Å². The number of nitrogens with zero attached hydrogens (tertiary/aromatic N) is 1. The summed E-state index contributed by atoms with van der Waals surface area (Å²) in [7, 11) is 1.36. The van der Waals surface area contributed by atoms with Gasteiger partial charge in [0.25, 0.3) is 0 Å². The quantitative estimate of drug-likeness (QED) is 0.664. The monoisotopic (exact) mass is 313 g/mol. The van der Waals surface area contributed by atoms with Crippen LogP contribution in [-0.4, -0.2) is 48.7 Å². The molecular weight excluding hydrogens is 282 g/mol. The molecule has 0 aromatic heterocycles. The van der Waals surface area contributed by atoms with Gasteiger partial charge in [0.2, 0.25) is 5.91 Å². The lowest BCUT2D eigenvalue weighted by atomic mass is 9.86. The van der Waals surface area contributed by atoms with Gasteiger partial charge in [0.05, 0.1) is 13.0 Å². The molecule has 1 aliphatic rings. The fourth-order valence-electron chi connectivity index (χ4n) is 3.15. The van der Waals surface area contributed by atoms with Crippen LogP contribution in [0.15, 0.2) is 0 Å². The zero-order valence-electron chi connectivity index (χ0n) is 14.1. The molecule has 5 heteroatoms. The molecule has 1 atom stereocenters. The summed E-state index contributed by atoms with van der Waals surface area (Å²) < 4.78 is 4.73. The summed E-state index contributed by atoms with van der Waals surface area (Å²) in [6.07, 6.45) is 8.40. The van der Waals surface area contributed by atoms with Gasteiger partial charge in [-0.2, -0.15) is 0 Å². The fourth-order valence-corrected chi connectivity index (χ4v) is 3.15. The van der Waals surface area contributed by atoms with Crippen LogP contribution in [0.4, 0.5) is 0 Å². The number of hydrogen-bond acceptors (Lipinski definition) is 4. The van der Waals surface area contributed by atoms with Crippen molar-refractivity contribution in [1.82, 2.24) is 4.90 Å². The minimum absolute atomic E-state index is 0.0546. The Bertz CT molecular complexity index is 340. The second kappa shape index (κ2) is 10.6. The second-order valence-electron chi connectivity index (χ2n) is 6.38. The number of amides is 1. The smallest absolute Gasteiger partial charge is 0.310 e. The zero-order chi connectivity index (χ0) is 16.4. The number of carbonyl (C=O) groups is 2. The minimum Gasteiger partial charge on any atom is -0.469 e. The van der Waals surface area contributed by atoms with Crippen molar-refractivity contribution in [2.75, 3.05) is 26.8 Å². The van der Waals surface area contributed by atoms with Crippen LogP contribution >= 0.6 is 0 Å². The number of aliphatic hydroxyl groups excluding tert-OH is 1. The first kappa shape index (κ1) is 18.9. The van der Waals surface area contributed by atoms with Gasteiger partial charge in [-0.3, -0.25) is 9.59 Å². The van der Waals surface area contributed by atoms with Crippen LogP contribution in [0, 0.1) is 11.8 Å². The van der Waals surface area contributed by atoms with E-state index in [-0.39, 0.29) is 24.4 Å². The standard InChI is InChI=1S/C17H31NO4/c1-14(17(21)22-2)13-18(11-6-12-19)16(20)10-9-15-7-4-3-5-8-15/h14-15,19H,3-13H2,1-2H3. The first-order chi connectivity index (χ1) is 10.6. The number of ether oxygens (including phenoxy) is 1. The Morgan fingerprint density at radius 2 is 1.95 bits per heavy atom. The molecule has 0 saturated heterocycles. The van der Waals surface area contributed by atoms with Crippen molar-refractivity contribution in [2.24, 2.45) is 11.8 Å². The van der Waals surface area contributed by atoms with Gasteiger partial charge in [0.15, 0.2) is 0 Å². The van der Waals surface area contributed by atoms with Crippen LogP contribution in [0.25, 0.3) is 0 Å². The van der Waals surface area contributed by atoms with Gasteiger partial charge in [-0.05, 0) is 18.8 Å². The SMILES string of the molecule is COC(=O)C(C)CN(CCCO)C(=O)CCC1CCCCC1. The maximum absolute atomic E-state index is 12.4. The molecule has 1 unspecified atom stereocenters. The number of rotatable bonds is 9. The van der Waals surface area contributed by atoms with Crippen molar-refractivity contribution >= 4 is 11.9 Å². The summed E-state index contributed by atoms with van der Waals surface area (Å²) in [6.45, 7) is 2.70. The Morgan fingerprint density at radius 1 is 1.27 bits per heavy atom. The fraction of sp³-hybridized carbons (Fsp3) is 0.882. The highest BCUT2D eigenvalue weighted by Crippen LogP contribution is 2.27. The van der Waals surface area contributed by atoms with E-state index in [0.29, 0.717) is 31.8 Å². The van der Waals surface area contributed by atoms with E-state index in [2.05, 4.69) is 0 Å². The summed E-state index contributed by atoms with van der Waals surface area (Å²) >= 11 is 0. The first-order valence-corrected chi connectivity index (χ1v) is 8.55.